The highest BCUT2D eigenvalue weighted by atomic mass is 16.5. The van der Waals surface area contributed by atoms with Gasteiger partial charge >= 0.3 is 0 Å². The molecule has 0 atom stereocenters. The number of para-hydroxylation sites is 1. The first-order valence-electron chi connectivity index (χ1n) is 7.37. The zero-order chi connectivity index (χ0) is 14.2. The third-order valence-corrected chi connectivity index (χ3v) is 4.18. The number of likely N-dealkylation sites (tertiary alicyclic amines) is 1. The Labute approximate surface area is 123 Å². The smallest absolute Gasteiger partial charge is 0.244 e. The molecule has 0 N–H and O–H groups in total. The molecule has 1 amide bonds. The predicted octanol–water partition coefficient (Wildman–Crippen LogP) is 2.06. The predicted molar refractivity (Wildman–Crippen MR) is 77.8 cm³/mol. The first-order valence-corrected chi connectivity index (χ1v) is 7.37. The van der Waals surface area contributed by atoms with E-state index in [2.05, 4.69) is 5.10 Å². The molecule has 5 nitrogen and oxygen atoms in total. The number of fused-ring (bicyclic) bond motifs is 3. The summed E-state index contributed by atoms with van der Waals surface area (Å²) in [5.41, 5.74) is 3.08. The quantitative estimate of drug-likeness (QED) is 0.847. The van der Waals surface area contributed by atoms with Crippen LogP contribution in [-0.4, -0.2) is 33.7 Å². The molecule has 3 heterocycles. The van der Waals surface area contributed by atoms with Crippen LogP contribution in [0.15, 0.2) is 30.5 Å². The number of rotatable bonds is 2. The van der Waals surface area contributed by atoms with Crippen LogP contribution in [0.4, 0.5) is 0 Å². The second kappa shape index (κ2) is 4.91. The molecule has 2 aliphatic rings. The van der Waals surface area contributed by atoms with Gasteiger partial charge in [0.1, 0.15) is 18.9 Å². The molecule has 21 heavy (non-hydrogen) atoms. The van der Waals surface area contributed by atoms with Crippen molar-refractivity contribution < 1.29 is 9.53 Å². The highest BCUT2D eigenvalue weighted by Gasteiger charge is 2.24. The van der Waals surface area contributed by atoms with E-state index in [1.54, 1.807) is 0 Å². The van der Waals surface area contributed by atoms with E-state index in [0.29, 0.717) is 13.2 Å². The molecule has 1 saturated heterocycles. The van der Waals surface area contributed by atoms with Crippen molar-refractivity contribution in [3.63, 3.8) is 0 Å². The largest absolute Gasteiger partial charge is 0.488 e. The Morgan fingerprint density at radius 3 is 2.90 bits per heavy atom. The molecule has 0 spiro atoms. The molecule has 0 saturated carbocycles. The minimum absolute atomic E-state index is 0.155. The average molecular weight is 283 g/mol. The van der Waals surface area contributed by atoms with Crippen LogP contribution in [0.25, 0.3) is 11.3 Å². The van der Waals surface area contributed by atoms with E-state index >= 15 is 0 Å². The van der Waals surface area contributed by atoms with Crippen molar-refractivity contribution in [2.45, 2.75) is 26.0 Å². The number of nitrogens with zero attached hydrogens (tertiary/aromatic N) is 3. The molecule has 2 aromatic rings. The number of amides is 1. The third kappa shape index (κ3) is 2.09. The van der Waals surface area contributed by atoms with Crippen LogP contribution in [-0.2, 0) is 17.9 Å². The number of ether oxygens (including phenoxy) is 1. The lowest BCUT2D eigenvalue weighted by Crippen LogP contribution is -2.31. The molecule has 0 unspecified atom stereocenters. The van der Waals surface area contributed by atoms with Crippen molar-refractivity contribution in [2.75, 3.05) is 13.1 Å². The van der Waals surface area contributed by atoms with Crippen molar-refractivity contribution >= 4 is 5.91 Å². The fourth-order valence-electron chi connectivity index (χ4n) is 3.10. The van der Waals surface area contributed by atoms with Crippen LogP contribution < -0.4 is 4.74 Å². The lowest BCUT2D eigenvalue weighted by Gasteiger charge is -2.20. The lowest BCUT2D eigenvalue weighted by atomic mass is 10.0. The second-order valence-corrected chi connectivity index (χ2v) is 5.55. The fraction of sp³-hybridized carbons (Fsp3) is 0.375. The van der Waals surface area contributed by atoms with Crippen molar-refractivity contribution in [2.24, 2.45) is 0 Å². The van der Waals surface area contributed by atoms with Crippen LogP contribution in [0.5, 0.6) is 5.75 Å². The van der Waals surface area contributed by atoms with E-state index in [1.165, 1.54) is 0 Å². The highest BCUT2D eigenvalue weighted by Crippen LogP contribution is 2.37. The van der Waals surface area contributed by atoms with E-state index in [1.807, 2.05) is 40.0 Å². The minimum atomic E-state index is 0.155. The molecule has 0 bridgehead atoms. The SMILES string of the molecule is O=C(Cn1ncc2c1-c1ccccc1OC2)N1CCCC1. The summed E-state index contributed by atoms with van der Waals surface area (Å²) in [5, 5.41) is 4.40. The van der Waals surface area contributed by atoms with Gasteiger partial charge in [-0.2, -0.15) is 5.10 Å². The first kappa shape index (κ1) is 12.4. The molecule has 108 valence electrons. The van der Waals surface area contributed by atoms with Gasteiger partial charge in [0.2, 0.25) is 5.91 Å². The minimum Gasteiger partial charge on any atom is -0.488 e. The molecular weight excluding hydrogens is 266 g/mol. The summed E-state index contributed by atoms with van der Waals surface area (Å²) in [5.74, 6) is 1.02. The second-order valence-electron chi connectivity index (χ2n) is 5.55. The van der Waals surface area contributed by atoms with E-state index in [4.69, 9.17) is 4.74 Å². The summed E-state index contributed by atoms with van der Waals surface area (Å²) in [7, 11) is 0. The van der Waals surface area contributed by atoms with Crippen molar-refractivity contribution in [1.82, 2.24) is 14.7 Å². The average Bonchev–Trinajstić information content (AvgIpc) is 3.17. The Hall–Kier alpha value is -2.30. The Kier molecular flexibility index (Phi) is 2.91. The van der Waals surface area contributed by atoms with E-state index < -0.39 is 0 Å². The molecule has 0 aliphatic carbocycles. The molecule has 0 radical (unpaired) electrons. The summed E-state index contributed by atoms with van der Waals surface area (Å²) in [6.45, 7) is 2.58. The lowest BCUT2D eigenvalue weighted by molar-refractivity contribution is -0.130. The standard InChI is InChI=1S/C16H17N3O2/c20-15(18-7-3-4-8-18)10-19-16-12(9-17-19)11-21-14-6-2-1-5-13(14)16/h1-2,5-6,9H,3-4,7-8,10-11H2. The monoisotopic (exact) mass is 283 g/mol. The Morgan fingerprint density at radius 2 is 2.05 bits per heavy atom. The molecule has 4 rings (SSSR count). The Balaban J connectivity index is 1.67. The van der Waals surface area contributed by atoms with Gasteiger partial charge < -0.3 is 9.64 Å². The topological polar surface area (TPSA) is 47.4 Å². The van der Waals surface area contributed by atoms with Crippen molar-refractivity contribution in [3.8, 4) is 17.0 Å². The van der Waals surface area contributed by atoms with Gasteiger partial charge in [0.05, 0.1) is 11.9 Å². The molecule has 2 aliphatic heterocycles. The summed E-state index contributed by atoms with van der Waals surface area (Å²) in [4.78, 5) is 14.3. The van der Waals surface area contributed by atoms with Crippen LogP contribution in [0.1, 0.15) is 18.4 Å². The number of hydrogen-bond acceptors (Lipinski definition) is 3. The normalized spacial score (nSPS) is 16.3. The Bertz CT molecular complexity index is 687. The van der Waals surface area contributed by atoms with Gasteiger partial charge in [0.15, 0.2) is 0 Å². The number of aromatic nitrogens is 2. The number of benzene rings is 1. The summed E-state index contributed by atoms with van der Waals surface area (Å²) in [6.07, 6.45) is 4.03. The molecule has 1 aromatic heterocycles. The molecular formula is C16H17N3O2. The fourth-order valence-corrected chi connectivity index (χ4v) is 3.10. The van der Waals surface area contributed by atoms with Gasteiger partial charge in [-0.05, 0) is 25.0 Å². The van der Waals surface area contributed by atoms with E-state index in [-0.39, 0.29) is 5.91 Å². The number of hydrogen-bond donors (Lipinski definition) is 0. The summed E-state index contributed by atoms with van der Waals surface area (Å²) in [6, 6.07) is 7.92. The van der Waals surface area contributed by atoms with Gasteiger partial charge in [-0.3, -0.25) is 9.48 Å². The molecule has 1 fully saturated rings. The summed E-state index contributed by atoms with van der Waals surface area (Å²) >= 11 is 0. The number of carbonyl (C=O) groups is 1. The van der Waals surface area contributed by atoms with Gasteiger partial charge in [-0.15, -0.1) is 0 Å². The molecule has 5 heteroatoms. The maximum absolute atomic E-state index is 12.3. The zero-order valence-electron chi connectivity index (χ0n) is 11.8. The third-order valence-electron chi connectivity index (χ3n) is 4.18. The van der Waals surface area contributed by atoms with Crippen LogP contribution in [0, 0.1) is 0 Å². The maximum atomic E-state index is 12.3. The van der Waals surface area contributed by atoms with Crippen molar-refractivity contribution in [3.05, 3.63) is 36.0 Å². The van der Waals surface area contributed by atoms with E-state index in [0.717, 1.165) is 48.5 Å². The maximum Gasteiger partial charge on any atom is 0.244 e. The zero-order valence-corrected chi connectivity index (χ0v) is 11.8. The Morgan fingerprint density at radius 1 is 1.24 bits per heavy atom. The number of carbonyl (C=O) groups excluding carboxylic acids is 1. The van der Waals surface area contributed by atoms with Crippen LogP contribution >= 0.6 is 0 Å². The summed E-state index contributed by atoms with van der Waals surface area (Å²) < 4.78 is 7.54. The van der Waals surface area contributed by atoms with Crippen LogP contribution in [0.2, 0.25) is 0 Å². The molecule has 1 aromatic carbocycles. The van der Waals surface area contributed by atoms with Gasteiger partial charge in [0, 0.05) is 24.2 Å². The van der Waals surface area contributed by atoms with Crippen molar-refractivity contribution in [1.29, 1.82) is 0 Å². The first-order chi connectivity index (χ1) is 10.3. The van der Waals surface area contributed by atoms with Gasteiger partial charge in [0.25, 0.3) is 0 Å². The highest BCUT2D eigenvalue weighted by molar-refractivity contribution is 5.78. The van der Waals surface area contributed by atoms with E-state index in [9.17, 15) is 4.79 Å². The van der Waals surface area contributed by atoms with Gasteiger partial charge in [-0.1, -0.05) is 12.1 Å². The van der Waals surface area contributed by atoms with Gasteiger partial charge in [-0.25, -0.2) is 0 Å². The van der Waals surface area contributed by atoms with Crippen LogP contribution in [0.3, 0.4) is 0 Å².